The van der Waals surface area contributed by atoms with E-state index in [0.29, 0.717) is 6.54 Å². The number of aromatic nitrogens is 1. The van der Waals surface area contributed by atoms with E-state index in [1.165, 1.54) is 17.8 Å². The van der Waals surface area contributed by atoms with Gasteiger partial charge in [0.05, 0.1) is 11.1 Å². The molecule has 0 bridgehead atoms. The molecule has 1 aromatic carbocycles. The van der Waals surface area contributed by atoms with Gasteiger partial charge in [0.2, 0.25) is 0 Å². The number of hydrogen-bond donors (Lipinski definition) is 0. The van der Waals surface area contributed by atoms with Crippen molar-refractivity contribution < 1.29 is 4.92 Å². The number of aryl methyl sites for hydroxylation is 3. The molecule has 0 fully saturated rings. The quantitative estimate of drug-likeness (QED) is 0.624. The van der Waals surface area contributed by atoms with Gasteiger partial charge in [0.15, 0.2) is 0 Å². The third-order valence-corrected chi connectivity index (χ3v) is 2.93. The fourth-order valence-electron chi connectivity index (χ4n) is 1.80. The molecule has 0 N–H and O–H groups in total. The lowest BCUT2D eigenvalue weighted by Crippen LogP contribution is -2.11. The first-order chi connectivity index (χ1) is 9.06. The van der Waals surface area contributed by atoms with Gasteiger partial charge in [-0.15, -0.1) is 0 Å². The van der Waals surface area contributed by atoms with E-state index in [1.54, 1.807) is 10.8 Å². The second-order valence-corrected chi connectivity index (χ2v) is 4.42. The summed E-state index contributed by atoms with van der Waals surface area (Å²) in [5.41, 5.74) is 1.41. The normalized spacial score (nSPS) is 10.4. The number of pyridine rings is 1. The minimum absolute atomic E-state index is 0.383. The molecule has 0 amide bonds. The van der Waals surface area contributed by atoms with E-state index in [-0.39, 0.29) is 5.69 Å². The molecule has 98 valence electrons. The molecule has 2 aromatic rings. The van der Waals surface area contributed by atoms with Crippen LogP contribution in [0.15, 0.2) is 47.5 Å². The first-order valence-electron chi connectivity index (χ1n) is 5.96. The van der Waals surface area contributed by atoms with E-state index in [9.17, 15) is 14.9 Å². The van der Waals surface area contributed by atoms with Crippen LogP contribution in [0.5, 0.6) is 0 Å². The molecule has 0 aliphatic heterocycles. The van der Waals surface area contributed by atoms with Gasteiger partial charge < -0.3 is 4.57 Å². The Balaban J connectivity index is 2.11. The molecule has 0 aliphatic carbocycles. The van der Waals surface area contributed by atoms with Crippen LogP contribution in [-0.4, -0.2) is 9.49 Å². The van der Waals surface area contributed by atoms with Gasteiger partial charge in [0.1, 0.15) is 0 Å². The van der Waals surface area contributed by atoms with Crippen LogP contribution in [0.25, 0.3) is 0 Å². The Bertz CT molecular complexity index is 644. The maximum absolute atomic E-state index is 11.3. The molecule has 5 nitrogen and oxygen atoms in total. The van der Waals surface area contributed by atoms with Crippen molar-refractivity contribution in [3.63, 3.8) is 0 Å². The molecule has 1 heterocycles. The lowest BCUT2D eigenvalue weighted by Gasteiger charge is -2.06. The second kappa shape index (κ2) is 5.48. The van der Waals surface area contributed by atoms with E-state index in [4.69, 9.17) is 0 Å². The number of hydrogen-bond acceptors (Lipinski definition) is 3. The van der Waals surface area contributed by atoms with Crippen LogP contribution in [0.3, 0.4) is 0 Å². The summed E-state index contributed by atoms with van der Waals surface area (Å²) in [4.78, 5) is 21.3. The smallest absolute Gasteiger partial charge is 0.332 e. The van der Waals surface area contributed by atoms with Crippen molar-refractivity contribution in [3.05, 3.63) is 74.2 Å². The van der Waals surface area contributed by atoms with E-state index in [0.717, 1.165) is 12.0 Å². The minimum atomic E-state index is -0.648. The van der Waals surface area contributed by atoms with Crippen LogP contribution in [0.4, 0.5) is 5.69 Å². The molecule has 5 heteroatoms. The average molecular weight is 258 g/mol. The molecular weight excluding hydrogens is 244 g/mol. The predicted molar refractivity (Wildman–Crippen MR) is 72.2 cm³/mol. The van der Waals surface area contributed by atoms with Crippen LogP contribution < -0.4 is 5.43 Å². The van der Waals surface area contributed by atoms with Crippen LogP contribution in [0.1, 0.15) is 11.1 Å². The predicted octanol–water partition coefficient (Wildman–Crippen LogP) is 2.31. The highest BCUT2D eigenvalue weighted by atomic mass is 16.6. The Labute approximate surface area is 110 Å². The van der Waals surface area contributed by atoms with Gasteiger partial charge in [-0.2, -0.15) is 0 Å². The fourth-order valence-corrected chi connectivity index (χ4v) is 1.80. The third kappa shape index (κ3) is 3.28. The number of benzene rings is 1. The van der Waals surface area contributed by atoms with E-state index < -0.39 is 10.4 Å². The monoisotopic (exact) mass is 258 g/mol. The number of rotatable bonds is 4. The molecule has 0 atom stereocenters. The van der Waals surface area contributed by atoms with E-state index in [2.05, 4.69) is 0 Å². The lowest BCUT2D eigenvalue weighted by molar-refractivity contribution is -0.386. The molecule has 19 heavy (non-hydrogen) atoms. The van der Waals surface area contributed by atoms with Crippen molar-refractivity contribution >= 4 is 5.69 Å². The van der Waals surface area contributed by atoms with E-state index in [1.807, 2.05) is 31.2 Å². The van der Waals surface area contributed by atoms with Gasteiger partial charge in [-0.3, -0.25) is 14.9 Å². The first kappa shape index (κ1) is 13.0. The van der Waals surface area contributed by atoms with Crippen molar-refractivity contribution in [2.75, 3.05) is 0 Å². The zero-order chi connectivity index (χ0) is 13.8. The molecule has 1 aromatic heterocycles. The molecule has 0 saturated heterocycles. The zero-order valence-corrected chi connectivity index (χ0v) is 10.6. The molecule has 0 radical (unpaired) electrons. The minimum Gasteiger partial charge on any atom is -0.348 e. The van der Waals surface area contributed by atoms with E-state index >= 15 is 0 Å². The zero-order valence-electron chi connectivity index (χ0n) is 10.6. The summed E-state index contributed by atoms with van der Waals surface area (Å²) in [5, 5.41) is 10.7. The van der Waals surface area contributed by atoms with Crippen molar-refractivity contribution in [1.29, 1.82) is 0 Å². The Morgan fingerprint density at radius 1 is 1.21 bits per heavy atom. The van der Waals surface area contributed by atoms with Crippen molar-refractivity contribution in [2.24, 2.45) is 0 Å². The van der Waals surface area contributed by atoms with Gasteiger partial charge in [0.25, 0.3) is 5.43 Å². The molecule has 0 saturated carbocycles. The summed E-state index contributed by atoms with van der Waals surface area (Å²) in [6.45, 7) is 2.62. The summed E-state index contributed by atoms with van der Waals surface area (Å²) in [7, 11) is 0. The van der Waals surface area contributed by atoms with Gasteiger partial charge in [-0.05, 0) is 18.9 Å². The molecule has 0 aliphatic rings. The van der Waals surface area contributed by atoms with Crippen LogP contribution in [-0.2, 0) is 13.0 Å². The highest BCUT2D eigenvalue weighted by Crippen LogP contribution is 2.07. The Hall–Kier alpha value is -2.43. The largest absolute Gasteiger partial charge is 0.348 e. The van der Waals surface area contributed by atoms with Gasteiger partial charge >= 0.3 is 5.69 Å². The second-order valence-electron chi connectivity index (χ2n) is 4.42. The summed E-state index contributed by atoms with van der Waals surface area (Å²) in [6, 6.07) is 9.36. The molecule has 2 rings (SSSR count). The van der Waals surface area contributed by atoms with Crippen molar-refractivity contribution in [1.82, 2.24) is 4.57 Å². The highest BCUT2D eigenvalue weighted by Gasteiger charge is 2.11. The topological polar surface area (TPSA) is 65.1 Å². The molecule has 0 spiro atoms. The highest BCUT2D eigenvalue weighted by molar-refractivity contribution is 5.25. The van der Waals surface area contributed by atoms with Crippen LogP contribution >= 0.6 is 0 Å². The van der Waals surface area contributed by atoms with Crippen molar-refractivity contribution in [2.45, 2.75) is 19.9 Å². The Kier molecular flexibility index (Phi) is 3.75. The molecule has 0 unspecified atom stereocenters. The van der Waals surface area contributed by atoms with Crippen molar-refractivity contribution in [3.8, 4) is 0 Å². The summed E-state index contributed by atoms with van der Waals surface area (Å²) in [6.07, 6.45) is 3.63. The molecular formula is C14H14N2O3. The maximum atomic E-state index is 11.3. The Morgan fingerprint density at radius 2 is 1.89 bits per heavy atom. The number of nitrogens with zero attached hydrogens (tertiary/aromatic N) is 2. The van der Waals surface area contributed by atoms with Crippen LogP contribution in [0, 0.1) is 17.0 Å². The van der Waals surface area contributed by atoms with Gasteiger partial charge in [-0.1, -0.05) is 29.8 Å². The van der Waals surface area contributed by atoms with Crippen LogP contribution in [0.2, 0.25) is 0 Å². The number of nitro groups is 1. The van der Waals surface area contributed by atoms with Gasteiger partial charge in [0, 0.05) is 18.8 Å². The summed E-state index contributed by atoms with van der Waals surface area (Å²) in [5.74, 6) is 0. The SMILES string of the molecule is Cc1ccc(CCn2ccc(=O)c([N+](=O)[O-])c2)cc1. The maximum Gasteiger partial charge on any atom is 0.332 e. The standard InChI is InChI=1S/C14H14N2O3/c1-11-2-4-12(5-3-11)6-8-15-9-7-14(17)13(10-15)16(18)19/h2-5,7,9-10H,6,8H2,1H3. The average Bonchev–Trinajstić information content (AvgIpc) is 2.39. The van der Waals surface area contributed by atoms with Gasteiger partial charge in [-0.25, -0.2) is 0 Å². The lowest BCUT2D eigenvalue weighted by atomic mass is 10.1. The summed E-state index contributed by atoms with van der Waals surface area (Å²) < 4.78 is 1.67. The first-order valence-corrected chi connectivity index (χ1v) is 5.96. The Morgan fingerprint density at radius 3 is 2.53 bits per heavy atom. The fraction of sp³-hybridized carbons (Fsp3) is 0.214. The third-order valence-electron chi connectivity index (χ3n) is 2.93. The summed E-state index contributed by atoms with van der Waals surface area (Å²) >= 11 is 0.